The molecule has 0 aromatic heterocycles. The molecule has 4 nitrogen and oxygen atoms in total. The lowest BCUT2D eigenvalue weighted by molar-refractivity contribution is -0.118. The number of ketones is 1. The molecular formula is C17H21NO3S2. The quantitative estimate of drug-likeness (QED) is 0.840. The Balaban J connectivity index is 2.01. The highest BCUT2D eigenvalue weighted by molar-refractivity contribution is 8.03. The molecular weight excluding hydrogens is 330 g/mol. The monoisotopic (exact) mass is 351 g/mol. The Morgan fingerprint density at radius 3 is 2.35 bits per heavy atom. The summed E-state index contributed by atoms with van der Waals surface area (Å²) in [5.41, 5.74) is 2.03. The Hall–Kier alpha value is -1.11. The molecule has 1 aromatic rings. The molecule has 0 unspecified atom stereocenters. The van der Waals surface area contributed by atoms with Crippen LogP contribution in [0.15, 0.2) is 39.6 Å². The maximum Gasteiger partial charge on any atom is 0.243 e. The molecule has 3 atom stereocenters. The van der Waals surface area contributed by atoms with E-state index in [9.17, 15) is 13.2 Å². The van der Waals surface area contributed by atoms with E-state index in [4.69, 9.17) is 0 Å². The van der Waals surface area contributed by atoms with E-state index in [1.54, 1.807) is 16.4 Å². The summed E-state index contributed by atoms with van der Waals surface area (Å²) < 4.78 is 27.5. The third kappa shape index (κ3) is 2.47. The van der Waals surface area contributed by atoms with Crippen molar-refractivity contribution in [2.24, 2.45) is 11.8 Å². The Labute approximate surface area is 142 Å². The SMILES string of the molecule is CSC1=C2CN(S(=O)(=O)c3ccc(C)cc3)[C@H](C)[C@@H]2[C@H](C)C1=O. The van der Waals surface area contributed by atoms with Gasteiger partial charge in [0.25, 0.3) is 0 Å². The molecule has 3 rings (SSSR count). The fourth-order valence-corrected chi connectivity index (χ4v) is 6.22. The smallest absolute Gasteiger partial charge is 0.243 e. The number of thioether (sulfide) groups is 1. The number of carbonyl (C=O) groups is 1. The Kier molecular flexibility index (Phi) is 4.19. The normalized spacial score (nSPS) is 28.5. The van der Waals surface area contributed by atoms with Crippen molar-refractivity contribution in [3.05, 3.63) is 40.3 Å². The number of fused-ring (bicyclic) bond motifs is 1. The summed E-state index contributed by atoms with van der Waals surface area (Å²) in [5.74, 6) is 0.0302. The minimum Gasteiger partial charge on any atom is -0.293 e. The van der Waals surface area contributed by atoms with Crippen LogP contribution in [0.5, 0.6) is 0 Å². The number of hydrogen-bond acceptors (Lipinski definition) is 4. The standard InChI is InChI=1S/C17H21NO3S2/c1-10-5-7-13(8-6-10)23(20,21)18-9-14-15(12(18)3)11(2)16(19)17(14)22-4/h5-8,11-12,15H,9H2,1-4H3/t11-,12+,15-/m0/s1. The van der Waals surface area contributed by atoms with Crippen molar-refractivity contribution in [1.82, 2.24) is 4.31 Å². The topological polar surface area (TPSA) is 54.5 Å². The van der Waals surface area contributed by atoms with Gasteiger partial charge in [-0.05, 0) is 37.8 Å². The van der Waals surface area contributed by atoms with Crippen LogP contribution < -0.4 is 0 Å². The van der Waals surface area contributed by atoms with Crippen LogP contribution in [0.2, 0.25) is 0 Å². The maximum absolute atomic E-state index is 13.0. The van der Waals surface area contributed by atoms with Gasteiger partial charge in [0, 0.05) is 24.4 Å². The third-order valence-corrected chi connectivity index (χ3v) is 7.82. The largest absolute Gasteiger partial charge is 0.293 e. The van der Waals surface area contributed by atoms with Gasteiger partial charge in [-0.1, -0.05) is 24.6 Å². The summed E-state index contributed by atoms with van der Waals surface area (Å²) >= 11 is 1.44. The first kappa shape index (κ1) is 16.7. The van der Waals surface area contributed by atoms with Crippen molar-refractivity contribution < 1.29 is 13.2 Å². The third-order valence-electron chi connectivity index (χ3n) is 5.00. The molecule has 0 amide bonds. The minimum absolute atomic E-state index is 0.00479. The minimum atomic E-state index is -3.54. The molecule has 1 aliphatic carbocycles. The van der Waals surface area contributed by atoms with E-state index in [-0.39, 0.29) is 23.7 Å². The zero-order valence-corrected chi connectivity index (χ0v) is 15.4. The molecule has 1 fully saturated rings. The Morgan fingerprint density at radius 2 is 1.78 bits per heavy atom. The lowest BCUT2D eigenvalue weighted by Gasteiger charge is -2.25. The number of Topliss-reactive ketones (excluding diaryl/α,β-unsaturated/α-hetero) is 1. The van der Waals surface area contributed by atoms with Crippen LogP contribution in [0.3, 0.4) is 0 Å². The van der Waals surface area contributed by atoms with Crippen LogP contribution in [0, 0.1) is 18.8 Å². The van der Waals surface area contributed by atoms with E-state index in [1.165, 1.54) is 11.8 Å². The first-order valence-electron chi connectivity index (χ1n) is 7.68. The highest BCUT2D eigenvalue weighted by Crippen LogP contribution is 2.47. The fraction of sp³-hybridized carbons (Fsp3) is 0.471. The summed E-state index contributed by atoms with van der Waals surface area (Å²) in [6.07, 6.45) is 1.89. The van der Waals surface area contributed by atoms with Gasteiger partial charge >= 0.3 is 0 Å². The van der Waals surface area contributed by atoms with Gasteiger partial charge in [-0.3, -0.25) is 4.79 Å². The average molecular weight is 351 g/mol. The van der Waals surface area contributed by atoms with Gasteiger partial charge < -0.3 is 0 Å². The highest BCUT2D eigenvalue weighted by atomic mass is 32.2. The van der Waals surface area contributed by atoms with Crippen LogP contribution in [0.4, 0.5) is 0 Å². The second-order valence-electron chi connectivity index (χ2n) is 6.34. The molecule has 1 heterocycles. The predicted octanol–water partition coefficient (Wildman–Crippen LogP) is 2.84. The summed E-state index contributed by atoms with van der Waals surface area (Å²) in [4.78, 5) is 13.4. The van der Waals surface area contributed by atoms with Crippen LogP contribution in [0.1, 0.15) is 19.4 Å². The number of allylic oxidation sites excluding steroid dienone is 1. The number of nitrogens with zero attached hydrogens (tertiary/aromatic N) is 1. The van der Waals surface area contributed by atoms with Gasteiger partial charge in [-0.15, -0.1) is 11.8 Å². The van der Waals surface area contributed by atoms with E-state index in [0.717, 1.165) is 16.0 Å². The number of carbonyl (C=O) groups excluding carboxylic acids is 1. The van der Waals surface area contributed by atoms with Crippen molar-refractivity contribution in [2.45, 2.75) is 31.7 Å². The Bertz CT molecular complexity index is 781. The van der Waals surface area contributed by atoms with Gasteiger partial charge in [-0.25, -0.2) is 8.42 Å². The first-order chi connectivity index (χ1) is 10.8. The van der Waals surface area contributed by atoms with Crippen molar-refractivity contribution in [2.75, 3.05) is 12.8 Å². The second kappa shape index (κ2) is 5.76. The fourth-order valence-electron chi connectivity index (χ4n) is 3.74. The molecule has 1 aliphatic heterocycles. The van der Waals surface area contributed by atoms with Gasteiger partial charge in [0.05, 0.1) is 9.80 Å². The zero-order valence-electron chi connectivity index (χ0n) is 13.7. The molecule has 0 radical (unpaired) electrons. The molecule has 1 aromatic carbocycles. The number of sulfonamides is 1. The summed E-state index contributed by atoms with van der Waals surface area (Å²) in [7, 11) is -3.54. The molecule has 2 aliphatic rings. The molecule has 0 N–H and O–H groups in total. The molecule has 0 bridgehead atoms. The second-order valence-corrected chi connectivity index (χ2v) is 9.05. The van der Waals surface area contributed by atoms with Crippen molar-refractivity contribution in [3.63, 3.8) is 0 Å². The van der Waals surface area contributed by atoms with E-state index < -0.39 is 10.0 Å². The van der Waals surface area contributed by atoms with Crippen molar-refractivity contribution >= 4 is 27.6 Å². The number of rotatable bonds is 3. The number of hydrogen-bond donors (Lipinski definition) is 0. The van der Waals surface area contributed by atoms with E-state index in [2.05, 4.69) is 0 Å². The van der Waals surface area contributed by atoms with Crippen LogP contribution in [0.25, 0.3) is 0 Å². The van der Waals surface area contributed by atoms with Gasteiger partial charge in [0.15, 0.2) is 5.78 Å². The van der Waals surface area contributed by atoms with Gasteiger partial charge in [0.1, 0.15) is 0 Å². The average Bonchev–Trinajstić information content (AvgIpc) is 2.96. The van der Waals surface area contributed by atoms with E-state index in [0.29, 0.717) is 11.4 Å². The maximum atomic E-state index is 13.0. The lowest BCUT2D eigenvalue weighted by atomic mass is 9.89. The molecule has 23 heavy (non-hydrogen) atoms. The number of benzene rings is 1. The molecule has 0 spiro atoms. The van der Waals surface area contributed by atoms with Crippen LogP contribution >= 0.6 is 11.8 Å². The number of aryl methyl sites for hydroxylation is 1. The van der Waals surface area contributed by atoms with Crippen LogP contribution in [-0.4, -0.2) is 37.3 Å². The molecule has 124 valence electrons. The summed E-state index contributed by atoms with van der Waals surface area (Å²) in [5, 5.41) is 0. The first-order valence-corrected chi connectivity index (χ1v) is 10.3. The summed E-state index contributed by atoms with van der Waals surface area (Å²) in [6.45, 7) is 6.08. The zero-order chi connectivity index (χ0) is 16.9. The molecule has 0 saturated carbocycles. The Morgan fingerprint density at radius 1 is 1.17 bits per heavy atom. The summed E-state index contributed by atoms with van der Waals surface area (Å²) in [6, 6.07) is 6.74. The predicted molar refractivity (Wildman–Crippen MR) is 92.7 cm³/mol. The van der Waals surface area contributed by atoms with Crippen molar-refractivity contribution in [1.29, 1.82) is 0 Å². The van der Waals surface area contributed by atoms with E-state index in [1.807, 2.05) is 39.2 Å². The van der Waals surface area contributed by atoms with Gasteiger partial charge in [0.2, 0.25) is 10.0 Å². The molecule has 1 saturated heterocycles. The lowest BCUT2D eigenvalue weighted by Crippen LogP contribution is -2.38. The van der Waals surface area contributed by atoms with Crippen LogP contribution in [-0.2, 0) is 14.8 Å². The van der Waals surface area contributed by atoms with Gasteiger partial charge in [-0.2, -0.15) is 4.31 Å². The van der Waals surface area contributed by atoms with E-state index >= 15 is 0 Å². The highest BCUT2D eigenvalue weighted by Gasteiger charge is 2.51. The van der Waals surface area contributed by atoms with Crippen molar-refractivity contribution in [3.8, 4) is 0 Å². The molecule has 6 heteroatoms.